The predicted octanol–water partition coefficient (Wildman–Crippen LogP) is 25.0. The molecule has 0 radical (unpaired) electrons. The van der Waals surface area contributed by atoms with Gasteiger partial charge >= 0.3 is 17.9 Å². The van der Waals surface area contributed by atoms with Crippen molar-refractivity contribution in [3.8, 4) is 0 Å². The largest absolute Gasteiger partial charge is 0.462 e. The van der Waals surface area contributed by atoms with Crippen LogP contribution in [0, 0.1) is 0 Å². The third-order valence-corrected chi connectivity index (χ3v) is 15.9. The molecule has 0 saturated heterocycles. The van der Waals surface area contributed by atoms with E-state index in [1.807, 2.05) is 0 Å². The highest BCUT2D eigenvalue weighted by Crippen LogP contribution is 2.18. The van der Waals surface area contributed by atoms with E-state index in [1.165, 1.54) is 212 Å². The number of carbonyl (C=O) groups is 3. The summed E-state index contributed by atoms with van der Waals surface area (Å²) >= 11 is 0. The third-order valence-electron chi connectivity index (χ3n) is 15.9. The summed E-state index contributed by atoms with van der Waals surface area (Å²) in [5.41, 5.74) is 0. The number of hydrogen-bond acceptors (Lipinski definition) is 6. The van der Waals surface area contributed by atoms with Crippen molar-refractivity contribution in [2.24, 2.45) is 0 Å². The lowest BCUT2D eigenvalue weighted by molar-refractivity contribution is -0.167. The fourth-order valence-corrected chi connectivity index (χ4v) is 10.5. The van der Waals surface area contributed by atoms with Crippen LogP contribution in [-0.2, 0) is 28.6 Å². The zero-order chi connectivity index (χ0) is 59.9. The van der Waals surface area contributed by atoms with Gasteiger partial charge in [-0.2, -0.15) is 0 Å². The predicted molar refractivity (Wildman–Crippen MR) is 362 cm³/mol. The van der Waals surface area contributed by atoms with Crippen molar-refractivity contribution >= 4 is 17.9 Å². The van der Waals surface area contributed by atoms with Crippen LogP contribution in [0.5, 0.6) is 0 Å². The van der Waals surface area contributed by atoms with Gasteiger partial charge in [0.2, 0.25) is 0 Å². The molecular weight excluding hydrogens is 1020 g/mol. The Morgan fingerprint density at radius 2 is 0.482 bits per heavy atom. The zero-order valence-electron chi connectivity index (χ0n) is 55.2. The standard InChI is InChI=1S/C77H136O6/c1-4-7-10-13-16-19-22-24-26-28-30-32-34-35-36-37-38-39-40-41-43-44-46-48-50-52-55-58-61-64-67-70-76(79)82-73-74(72-81-75(78)69-66-63-60-57-54-21-18-15-12-9-6-3)83-77(80)71-68-65-62-59-56-53-51-49-47-45-42-33-31-29-27-25-23-20-17-14-11-8-5-2/h8,11,15,17-18,20,25,27,31,33,45,47,51,53,74H,4-7,9-10,12-14,16,19,21-24,26,28-30,32,34-44,46,48-50,52,54-73H2,1-3H3/b11-8-,18-15-,20-17-,27-25-,33-31-,47-45-,53-51-. The smallest absolute Gasteiger partial charge is 0.306 e. The van der Waals surface area contributed by atoms with Crippen LogP contribution in [-0.4, -0.2) is 37.2 Å². The Bertz CT molecular complexity index is 1570. The van der Waals surface area contributed by atoms with Crippen LogP contribution < -0.4 is 0 Å². The van der Waals surface area contributed by atoms with Crippen LogP contribution in [0.25, 0.3) is 0 Å². The molecule has 0 bridgehead atoms. The van der Waals surface area contributed by atoms with Crippen LogP contribution in [0.2, 0.25) is 0 Å². The van der Waals surface area contributed by atoms with Crippen LogP contribution >= 0.6 is 0 Å². The fourth-order valence-electron chi connectivity index (χ4n) is 10.5. The Labute approximate surface area is 515 Å². The summed E-state index contributed by atoms with van der Waals surface area (Å²) in [5.74, 6) is -0.906. The van der Waals surface area contributed by atoms with Crippen molar-refractivity contribution in [3.05, 3.63) is 85.1 Å². The van der Waals surface area contributed by atoms with Gasteiger partial charge in [0, 0.05) is 19.3 Å². The molecule has 0 saturated carbocycles. The molecule has 0 heterocycles. The molecule has 6 nitrogen and oxygen atoms in total. The third kappa shape index (κ3) is 69.3. The average molecular weight is 1160 g/mol. The lowest BCUT2D eigenvalue weighted by atomic mass is 10.0. The summed E-state index contributed by atoms with van der Waals surface area (Å²) in [6.07, 6.45) is 94.9. The second kappa shape index (κ2) is 71.1. The molecule has 0 aromatic heterocycles. The molecule has 0 spiro atoms. The van der Waals surface area contributed by atoms with Gasteiger partial charge in [0.1, 0.15) is 13.2 Å². The van der Waals surface area contributed by atoms with E-state index in [1.54, 1.807) is 0 Å². The molecule has 0 aromatic carbocycles. The lowest BCUT2D eigenvalue weighted by Gasteiger charge is -2.18. The minimum atomic E-state index is -0.794. The molecule has 6 heteroatoms. The van der Waals surface area contributed by atoms with Gasteiger partial charge in [0.25, 0.3) is 0 Å². The molecule has 0 N–H and O–H groups in total. The molecule has 0 aliphatic rings. The first kappa shape index (κ1) is 79.6. The number of allylic oxidation sites excluding steroid dienone is 14. The van der Waals surface area contributed by atoms with Crippen molar-refractivity contribution in [2.45, 2.75) is 374 Å². The van der Waals surface area contributed by atoms with Gasteiger partial charge in [0.15, 0.2) is 6.10 Å². The number of esters is 3. The van der Waals surface area contributed by atoms with E-state index in [2.05, 4.69) is 106 Å². The van der Waals surface area contributed by atoms with E-state index in [4.69, 9.17) is 14.2 Å². The second-order valence-electron chi connectivity index (χ2n) is 24.1. The zero-order valence-corrected chi connectivity index (χ0v) is 55.2. The number of unbranched alkanes of at least 4 members (excludes halogenated alkanes) is 41. The number of rotatable bonds is 66. The Morgan fingerprint density at radius 1 is 0.253 bits per heavy atom. The minimum absolute atomic E-state index is 0.0870. The maximum absolute atomic E-state index is 12.9. The van der Waals surface area contributed by atoms with Crippen LogP contribution in [0.3, 0.4) is 0 Å². The van der Waals surface area contributed by atoms with Gasteiger partial charge in [-0.05, 0) is 89.9 Å². The van der Waals surface area contributed by atoms with Crippen molar-refractivity contribution in [1.82, 2.24) is 0 Å². The molecule has 0 aliphatic carbocycles. The van der Waals surface area contributed by atoms with E-state index >= 15 is 0 Å². The van der Waals surface area contributed by atoms with Gasteiger partial charge in [-0.3, -0.25) is 14.4 Å². The van der Waals surface area contributed by atoms with E-state index < -0.39 is 6.10 Å². The Hall–Kier alpha value is -3.41. The van der Waals surface area contributed by atoms with Gasteiger partial charge in [-0.1, -0.05) is 343 Å². The van der Waals surface area contributed by atoms with Crippen LogP contribution in [0.1, 0.15) is 367 Å². The first-order chi connectivity index (χ1) is 41.0. The Morgan fingerprint density at radius 3 is 0.783 bits per heavy atom. The van der Waals surface area contributed by atoms with Gasteiger partial charge in [-0.15, -0.1) is 0 Å². The summed E-state index contributed by atoms with van der Waals surface area (Å²) in [7, 11) is 0. The SMILES string of the molecule is CC/C=C\C/C=C\C/C=C\C/C=C\C/C=C\C/C=C\CCCCCCC(=O)OC(COC(=O)CCCCCCC/C=C\CCCC)COC(=O)CCCCCCCCCCCCCCCCCCCCCCCCCCCCCCCCC. The van der Waals surface area contributed by atoms with Crippen molar-refractivity contribution < 1.29 is 28.6 Å². The molecule has 0 amide bonds. The van der Waals surface area contributed by atoms with E-state index in [0.29, 0.717) is 19.3 Å². The quantitative estimate of drug-likeness (QED) is 0.0261. The maximum Gasteiger partial charge on any atom is 0.306 e. The summed E-state index contributed by atoms with van der Waals surface area (Å²) in [6.45, 7) is 6.51. The minimum Gasteiger partial charge on any atom is -0.462 e. The second-order valence-corrected chi connectivity index (χ2v) is 24.1. The van der Waals surface area contributed by atoms with E-state index in [0.717, 1.165) is 116 Å². The monoisotopic (exact) mass is 1160 g/mol. The average Bonchev–Trinajstić information content (AvgIpc) is 3.48. The van der Waals surface area contributed by atoms with Gasteiger partial charge < -0.3 is 14.2 Å². The Balaban J connectivity index is 4.19. The highest BCUT2D eigenvalue weighted by atomic mass is 16.6. The highest BCUT2D eigenvalue weighted by molar-refractivity contribution is 5.71. The van der Waals surface area contributed by atoms with Gasteiger partial charge in [-0.25, -0.2) is 0 Å². The molecule has 480 valence electrons. The van der Waals surface area contributed by atoms with Crippen LogP contribution in [0.15, 0.2) is 85.1 Å². The molecule has 0 aromatic rings. The molecule has 1 atom stereocenters. The first-order valence-corrected chi connectivity index (χ1v) is 36.1. The van der Waals surface area contributed by atoms with Crippen LogP contribution in [0.4, 0.5) is 0 Å². The highest BCUT2D eigenvalue weighted by Gasteiger charge is 2.19. The van der Waals surface area contributed by atoms with E-state index in [-0.39, 0.29) is 31.1 Å². The van der Waals surface area contributed by atoms with Gasteiger partial charge in [0.05, 0.1) is 0 Å². The van der Waals surface area contributed by atoms with Crippen molar-refractivity contribution in [3.63, 3.8) is 0 Å². The number of carbonyl (C=O) groups excluding carboxylic acids is 3. The number of hydrogen-bond donors (Lipinski definition) is 0. The Kier molecular flexibility index (Phi) is 68.2. The summed E-state index contributed by atoms with van der Waals surface area (Å²) in [5, 5.41) is 0. The van der Waals surface area contributed by atoms with Crippen molar-refractivity contribution in [1.29, 1.82) is 0 Å². The topological polar surface area (TPSA) is 78.9 Å². The fraction of sp³-hybridized carbons (Fsp3) is 0.779. The summed E-state index contributed by atoms with van der Waals surface area (Å²) < 4.78 is 16.9. The summed E-state index contributed by atoms with van der Waals surface area (Å²) in [4.78, 5) is 38.4. The summed E-state index contributed by atoms with van der Waals surface area (Å²) in [6, 6.07) is 0. The first-order valence-electron chi connectivity index (χ1n) is 36.1. The molecular formula is C77H136O6. The van der Waals surface area contributed by atoms with E-state index in [9.17, 15) is 14.4 Å². The molecule has 0 aliphatic heterocycles. The normalized spacial score (nSPS) is 12.6. The molecule has 0 fully saturated rings. The van der Waals surface area contributed by atoms with Crippen molar-refractivity contribution in [2.75, 3.05) is 13.2 Å². The molecule has 1 unspecified atom stereocenters. The molecule has 0 rings (SSSR count). The number of ether oxygens (including phenoxy) is 3. The molecule has 83 heavy (non-hydrogen) atoms. The lowest BCUT2D eigenvalue weighted by Crippen LogP contribution is -2.30. The maximum atomic E-state index is 12.9.